The maximum absolute atomic E-state index is 12.3. The van der Waals surface area contributed by atoms with Crippen LogP contribution in [0.1, 0.15) is 31.1 Å². The van der Waals surface area contributed by atoms with Gasteiger partial charge in [0.15, 0.2) is 0 Å². The lowest BCUT2D eigenvalue weighted by molar-refractivity contribution is 0.485. The summed E-state index contributed by atoms with van der Waals surface area (Å²) in [5, 5.41) is 0.866. The molecule has 1 heterocycles. The number of thiophene rings is 1. The molecule has 6 heteroatoms. The van der Waals surface area contributed by atoms with Gasteiger partial charge in [0, 0.05) is 16.2 Å². The largest absolute Gasteiger partial charge is 0.250 e. The maximum Gasteiger partial charge on any atom is 0.250 e. The van der Waals surface area contributed by atoms with Crippen LogP contribution < -0.4 is 4.72 Å². The third-order valence-corrected chi connectivity index (χ3v) is 7.46. The fourth-order valence-electron chi connectivity index (χ4n) is 2.33. The number of alkyl halides is 1. The number of hydrogen-bond donors (Lipinski definition) is 1. The van der Waals surface area contributed by atoms with Gasteiger partial charge in [0.25, 0.3) is 0 Å². The Kier molecular flexibility index (Phi) is 4.86. The van der Waals surface area contributed by atoms with Crippen LogP contribution in [0.2, 0.25) is 0 Å². The van der Waals surface area contributed by atoms with E-state index in [-0.39, 0.29) is 6.04 Å². The molecule has 0 spiro atoms. The van der Waals surface area contributed by atoms with E-state index in [1.165, 1.54) is 11.3 Å². The van der Waals surface area contributed by atoms with Gasteiger partial charge in [0.2, 0.25) is 10.0 Å². The number of halogens is 1. The normalized spacial score (nSPS) is 24.6. The summed E-state index contributed by atoms with van der Waals surface area (Å²) in [7, 11) is -3.33. The summed E-state index contributed by atoms with van der Waals surface area (Å²) < 4.78 is 27.8. The molecule has 0 bridgehead atoms. The Morgan fingerprint density at radius 3 is 2.83 bits per heavy atom. The lowest BCUT2D eigenvalue weighted by Crippen LogP contribution is -2.37. The summed E-state index contributed by atoms with van der Waals surface area (Å²) >= 11 is 4.83. The fourth-order valence-corrected chi connectivity index (χ4v) is 5.75. The van der Waals surface area contributed by atoms with Crippen molar-refractivity contribution >= 4 is 37.3 Å². The van der Waals surface area contributed by atoms with Crippen LogP contribution in [0.3, 0.4) is 0 Å². The quantitative estimate of drug-likeness (QED) is 0.828. The summed E-state index contributed by atoms with van der Waals surface area (Å²) in [6, 6.07) is 3.70. The zero-order chi connectivity index (χ0) is 13.2. The molecule has 2 unspecified atom stereocenters. The number of nitrogens with one attached hydrogen (secondary N) is 1. The second-order valence-corrected chi connectivity index (χ2v) is 8.40. The molecule has 0 aliphatic heterocycles. The number of hydrogen-bond acceptors (Lipinski definition) is 3. The van der Waals surface area contributed by atoms with Gasteiger partial charge in [0.1, 0.15) is 4.21 Å². The third-order valence-electron chi connectivity index (χ3n) is 3.41. The van der Waals surface area contributed by atoms with Gasteiger partial charge in [-0.15, -0.1) is 11.3 Å². The van der Waals surface area contributed by atoms with Crippen molar-refractivity contribution in [3.63, 3.8) is 0 Å². The van der Waals surface area contributed by atoms with E-state index in [1.807, 2.05) is 13.0 Å². The number of rotatable bonds is 5. The molecule has 18 heavy (non-hydrogen) atoms. The minimum atomic E-state index is -3.33. The second kappa shape index (κ2) is 6.03. The number of sulfonamides is 1. The van der Waals surface area contributed by atoms with E-state index in [0.29, 0.717) is 10.1 Å². The van der Waals surface area contributed by atoms with Crippen molar-refractivity contribution in [3.05, 3.63) is 17.0 Å². The first-order valence-electron chi connectivity index (χ1n) is 6.24. The molecule has 2 rings (SSSR count). The molecule has 1 saturated carbocycles. The Labute approximate surface area is 121 Å². The fraction of sp³-hybridized carbons (Fsp3) is 0.667. The van der Waals surface area contributed by atoms with E-state index in [4.69, 9.17) is 0 Å². The van der Waals surface area contributed by atoms with Gasteiger partial charge in [0.05, 0.1) is 0 Å². The summed E-state index contributed by atoms with van der Waals surface area (Å²) in [6.45, 7) is 2.04. The topological polar surface area (TPSA) is 46.2 Å². The predicted octanol–water partition coefficient (Wildman–Crippen LogP) is 3.15. The van der Waals surface area contributed by atoms with Crippen LogP contribution in [-0.2, 0) is 16.4 Å². The van der Waals surface area contributed by atoms with Crippen LogP contribution in [-0.4, -0.2) is 19.8 Å². The van der Waals surface area contributed by atoms with Crippen LogP contribution in [0.5, 0.6) is 0 Å². The lowest BCUT2D eigenvalue weighted by Gasteiger charge is -2.18. The van der Waals surface area contributed by atoms with E-state index in [1.54, 1.807) is 6.07 Å². The molecule has 0 aromatic carbocycles. The van der Waals surface area contributed by atoms with Gasteiger partial charge in [-0.2, -0.15) is 0 Å². The molecular weight excluding hydrogens is 334 g/mol. The van der Waals surface area contributed by atoms with Crippen molar-refractivity contribution in [2.45, 2.75) is 42.9 Å². The molecule has 1 aromatic heterocycles. The van der Waals surface area contributed by atoms with Crippen molar-refractivity contribution in [2.75, 3.05) is 5.33 Å². The van der Waals surface area contributed by atoms with Crippen molar-refractivity contribution in [3.8, 4) is 0 Å². The zero-order valence-corrected chi connectivity index (χ0v) is 13.6. The SMILES string of the molecule is CCc1ccc(S(=O)(=O)NC2CCCC2CBr)s1. The highest BCUT2D eigenvalue weighted by atomic mass is 79.9. The van der Waals surface area contributed by atoms with Crippen LogP contribution in [0, 0.1) is 5.92 Å². The van der Waals surface area contributed by atoms with Crippen molar-refractivity contribution < 1.29 is 8.42 Å². The molecule has 2 atom stereocenters. The maximum atomic E-state index is 12.3. The summed E-state index contributed by atoms with van der Waals surface area (Å²) in [5.74, 6) is 0.422. The van der Waals surface area contributed by atoms with Gasteiger partial charge in [-0.3, -0.25) is 0 Å². The molecule has 102 valence electrons. The van der Waals surface area contributed by atoms with Crippen LogP contribution >= 0.6 is 27.3 Å². The van der Waals surface area contributed by atoms with E-state index in [0.717, 1.165) is 35.9 Å². The predicted molar refractivity (Wildman–Crippen MR) is 78.9 cm³/mol. The third kappa shape index (κ3) is 3.15. The zero-order valence-electron chi connectivity index (χ0n) is 10.4. The number of aryl methyl sites for hydroxylation is 1. The minimum absolute atomic E-state index is 0.0848. The molecule has 1 aliphatic carbocycles. The van der Waals surface area contributed by atoms with Crippen LogP contribution in [0.25, 0.3) is 0 Å². The highest BCUT2D eigenvalue weighted by molar-refractivity contribution is 9.09. The minimum Gasteiger partial charge on any atom is -0.207 e. The Balaban J connectivity index is 2.11. The van der Waals surface area contributed by atoms with Gasteiger partial charge in [-0.05, 0) is 37.3 Å². The van der Waals surface area contributed by atoms with Gasteiger partial charge < -0.3 is 0 Å². The Bertz CT molecular complexity index is 498. The molecule has 0 amide bonds. The first-order chi connectivity index (χ1) is 8.56. The van der Waals surface area contributed by atoms with E-state index in [2.05, 4.69) is 20.7 Å². The van der Waals surface area contributed by atoms with Crippen LogP contribution in [0.4, 0.5) is 0 Å². The van der Waals surface area contributed by atoms with E-state index >= 15 is 0 Å². The highest BCUT2D eigenvalue weighted by Crippen LogP contribution is 2.29. The monoisotopic (exact) mass is 351 g/mol. The van der Waals surface area contributed by atoms with E-state index in [9.17, 15) is 8.42 Å². The molecule has 1 aliphatic rings. The average Bonchev–Trinajstić information content (AvgIpc) is 2.96. The Hall–Kier alpha value is 0.0900. The Morgan fingerprint density at radius 1 is 1.44 bits per heavy atom. The molecule has 0 radical (unpaired) electrons. The van der Waals surface area contributed by atoms with E-state index < -0.39 is 10.0 Å². The van der Waals surface area contributed by atoms with Gasteiger partial charge in [-0.1, -0.05) is 29.3 Å². The van der Waals surface area contributed by atoms with Gasteiger partial charge >= 0.3 is 0 Å². The summed E-state index contributed by atoms with van der Waals surface area (Å²) in [5.41, 5.74) is 0. The lowest BCUT2D eigenvalue weighted by atomic mass is 10.1. The smallest absolute Gasteiger partial charge is 0.207 e. The first kappa shape index (κ1) is 14.5. The molecule has 1 fully saturated rings. The summed E-state index contributed by atoms with van der Waals surface area (Å²) in [4.78, 5) is 1.11. The summed E-state index contributed by atoms with van der Waals surface area (Å²) in [6.07, 6.45) is 4.03. The Morgan fingerprint density at radius 2 is 2.22 bits per heavy atom. The van der Waals surface area contributed by atoms with Crippen molar-refractivity contribution in [1.29, 1.82) is 0 Å². The molecule has 1 aromatic rings. The average molecular weight is 352 g/mol. The second-order valence-electron chi connectivity index (χ2n) is 4.65. The van der Waals surface area contributed by atoms with Crippen LogP contribution in [0.15, 0.2) is 16.3 Å². The first-order valence-corrected chi connectivity index (χ1v) is 9.66. The van der Waals surface area contributed by atoms with Crippen molar-refractivity contribution in [2.24, 2.45) is 5.92 Å². The van der Waals surface area contributed by atoms with Gasteiger partial charge in [-0.25, -0.2) is 13.1 Å². The van der Waals surface area contributed by atoms with Crippen molar-refractivity contribution in [1.82, 2.24) is 4.72 Å². The molecular formula is C12H18BrNO2S2. The highest BCUT2D eigenvalue weighted by Gasteiger charge is 2.30. The molecule has 0 saturated heterocycles. The molecule has 3 nitrogen and oxygen atoms in total. The molecule has 1 N–H and O–H groups in total. The standard InChI is InChI=1S/C12H18BrNO2S2/c1-2-10-6-7-12(17-10)18(15,16)14-11-5-3-4-9(11)8-13/h6-7,9,11,14H,2-5,8H2,1H3.